The van der Waals surface area contributed by atoms with Crippen LogP contribution in [0.4, 0.5) is 0 Å². The van der Waals surface area contributed by atoms with Crippen LogP contribution in [0.3, 0.4) is 0 Å². The van der Waals surface area contributed by atoms with Crippen molar-refractivity contribution in [2.75, 3.05) is 13.6 Å². The van der Waals surface area contributed by atoms with Gasteiger partial charge in [-0.25, -0.2) is 13.1 Å². The molecule has 1 aliphatic rings. The summed E-state index contributed by atoms with van der Waals surface area (Å²) >= 11 is 0. The molecule has 1 N–H and O–H groups in total. The molecule has 0 atom stereocenters. The molecular formula is C17H22N4O3S. The Morgan fingerprint density at radius 2 is 2.12 bits per heavy atom. The first-order valence-electron chi connectivity index (χ1n) is 8.21. The van der Waals surface area contributed by atoms with Crippen LogP contribution in [0.2, 0.25) is 0 Å². The van der Waals surface area contributed by atoms with E-state index in [1.54, 1.807) is 27.9 Å². The van der Waals surface area contributed by atoms with E-state index >= 15 is 0 Å². The first-order chi connectivity index (χ1) is 11.9. The van der Waals surface area contributed by atoms with Gasteiger partial charge in [-0.3, -0.25) is 9.48 Å². The van der Waals surface area contributed by atoms with E-state index < -0.39 is 10.0 Å². The van der Waals surface area contributed by atoms with Crippen LogP contribution in [-0.2, 0) is 41.3 Å². The quantitative estimate of drug-likeness (QED) is 0.854. The molecule has 0 bridgehead atoms. The number of amides is 1. The summed E-state index contributed by atoms with van der Waals surface area (Å²) in [6.07, 6.45) is 3.33. The van der Waals surface area contributed by atoms with Gasteiger partial charge >= 0.3 is 0 Å². The van der Waals surface area contributed by atoms with Gasteiger partial charge in [0.25, 0.3) is 0 Å². The molecule has 25 heavy (non-hydrogen) atoms. The highest BCUT2D eigenvalue weighted by molar-refractivity contribution is 7.89. The van der Waals surface area contributed by atoms with Crippen LogP contribution < -0.4 is 4.72 Å². The lowest BCUT2D eigenvalue weighted by molar-refractivity contribution is -0.132. The predicted octanol–water partition coefficient (Wildman–Crippen LogP) is 0.846. The molecular weight excluding hydrogens is 340 g/mol. The van der Waals surface area contributed by atoms with Crippen LogP contribution in [0, 0.1) is 0 Å². The zero-order valence-corrected chi connectivity index (χ0v) is 15.2. The third kappa shape index (κ3) is 3.59. The van der Waals surface area contributed by atoms with Gasteiger partial charge in [0.2, 0.25) is 15.9 Å². The van der Waals surface area contributed by atoms with Crippen molar-refractivity contribution in [1.82, 2.24) is 19.4 Å². The number of aromatic nitrogens is 2. The molecule has 2 aromatic rings. The van der Waals surface area contributed by atoms with Gasteiger partial charge in [-0.15, -0.1) is 0 Å². The first-order valence-corrected chi connectivity index (χ1v) is 9.69. The zero-order valence-electron chi connectivity index (χ0n) is 14.4. The lowest BCUT2D eigenvalue weighted by atomic mass is 9.99. The normalized spacial score (nSPS) is 14.4. The highest BCUT2D eigenvalue weighted by Gasteiger charge is 2.26. The van der Waals surface area contributed by atoms with Crippen molar-refractivity contribution < 1.29 is 13.2 Å². The van der Waals surface area contributed by atoms with Crippen LogP contribution in [0.25, 0.3) is 0 Å². The Kier molecular flexibility index (Phi) is 4.91. The number of rotatable bonds is 5. The molecule has 8 heteroatoms. The number of carbonyl (C=O) groups is 1. The number of nitrogens with one attached hydrogen (secondary N) is 1. The minimum atomic E-state index is -3.49. The maximum atomic E-state index is 12.5. The second-order valence-electron chi connectivity index (χ2n) is 6.11. The number of hydrogen-bond acceptors (Lipinski definition) is 4. The Morgan fingerprint density at radius 1 is 1.32 bits per heavy atom. The maximum absolute atomic E-state index is 12.5. The highest BCUT2D eigenvalue weighted by Crippen LogP contribution is 2.26. The summed E-state index contributed by atoms with van der Waals surface area (Å²) in [4.78, 5) is 14.6. The van der Waals surface area contributed by atoms with E-state index in [2.05, 4.69) is 9.82 Å². The standard InChI is InChI=1S/C17H22N4O3S/c1-18-25(23,24)16-5-3-4-13-12-21(11-9-15(13)16)17(22)7-6-14-8-10-19-20(14)2/h3-5,8,10,18H,6-7,9,11-12H2,1-2H3. The molecule has 0 saturated carbocycles. The van der Waals surface area contributed by atoms with Crippen LogP contribution in [0.1, 0.15) is 23.2 Å². The van der Waals surface area contributed by atoms with Gasteiger partial charge in [0.05, 0.1) is 4.90 Å². The molecule has 0 radical (unpaired) electrons. The molecule has 0 saturated heterocycles. The van der Waals surface area contributed by atoms with E-state index in [1.165, 1.54) is 7.05 Å². The molecule has 1 aromatic heterocycles. The van der Waals surface area contributed by atoms with Gasteiger partial charge in [-0.2, -0.15) is 5.10 Å². The third-order valence-electron chi connectivity index (χ3n) is 4.65. The largest absolute Gasteiger partial charge is 0.338 e. The summed E-state index contributed by atoms with van der Waals surface area (Å²) in [6, 6.07) is 7.15. The van der Waals surface area contributed by atoms with Crippen molar-refractivity contribution in [1.29, 1.82) is 0 Å². The second kappa shape index (κ2) is 6.97. The predicted molar refractivity (Wildman–Crippen MR) is 93.3 cm³/mol. The maximum Gasteiger partial charge on any atom is 0.240 e. The summed E-state index contributed by atoms with van der Waals surface area (Å²) in [5, 5.41) is 4.11. The summed E-state index contributed by atoms with van der Waals surface area (Å²) < 4.78 is 28.4. The molecule has 0 aliphatic carbocycles. The Hall–Kier alpha value is -2.19. The number of aryl methyl sites for hydroxylation is 2. The number of carbonyl (C=O) groups excluding carboxylic acids is 1. The monoisotopic (exact) mass is 362 g/mol. The van der Waals surface area contributed by atoms with E-state index in [-0.39, 0.29) is 5.91 Å². The Morgan fingerprint density at radius 3 is 2.80 bits per heavy atom. The molecule has 1 aliphatic heterocycles. The molecule has 7 nitrogen and oxygen atoms in total. The summed E-state index contributed by atoms with van der Waals surface area (Å²) in [5.41, 5.74) is 2.73. The lowest BCUT2D eigenvalue weighted by Gasteiger charge is -2.30. The molecule has 134 valence electrons. The van der Waals surface area contributed by atoms with Crippen molar-refractivity contribution in [3.8, 4) is 0 Å². The average molecular weight is 362 g/mol. The van der Waals surface area contributed by atoms with Crippen molar-refractivity contribution >= 4 is 15.9 Å². The molecule has 0 fully saturated rings. The van der Waals surface area contributed by atoms with Crippen LogP contribution in [0.5, 0.6) is 0 Å². The third-order valence-corrected chi connectivity index (χ3v) is 6.15. The lowest BCUT2D eigenvalue weighted by Crippen LogP contribution is -2.37. The number of fused-ring (bicyclic) bond motifs is 1. The molecule has 1 amide bonds. The van der Waals surface area contributed by atoms with Crippen LogP contribution in [-0.4, -0.2) is 42.6 Å². The smallest absolute Gasteiger partial charge is 0.240 e. The topological polar surface area (TPSA) is 84.3 Å². The number of nitrogens with zero attached hydrogens (tertiary/aromatic N) is 3. The number of sulfonamides is 1. The Balaban J connectivity index is 1.72. The first kappa shape index (κ1) is 17.6. The van der Waals surface area contributed by atoms with E-state index in [0.29, 0.717) is 37.2 Å². The van der Waals surface area contributed by atoms with Crippen LogP contribution >= 0.6 is 0 Å². The van der Waals surface area contributed by atoms with Crippen molar-refractivity contribution in [3.05, 3.63) is 47.3 Å². The van der Waals surface area contributed by atoms with Crippen molar-refractivity contribution in [3.63, 3.8) is 0 Å². The zero-order chi connectivity index (χ0) is 18.0. The second-order valence-corrected chi connectivity index (χ2v) is 7.97. The van der Waals surface area contributed by atoms with Gasteiger partial charge < -0.3 is 4.90 Å². The fraction of sp³-hybridized carbons (Fsp3) is 0.412. The number of hydrogen-bond donors (Lipinski definition) is 1. The fourth-order valence-electron chi connectivity index (χ4n) is 3.19. The van der Waals surface area contributed by atoms with Crippen molar-refractivity contribution in [2.24, 2.45) is 7.05 Å². The van der Waals surface area contributed by atoms with E-state index in [0.717, 1.165) is 16.8 Å². The summed E-state index contributed by atoms with van der Waals surface area (Å²) in [5.74, 6) is 0.0775. The minimum Gasteiger partial charge on any atom is -0.338 e. The average Bonchev–Trinajstić information content (AvgIpc) is 3.03. The number of benzene rings is 1. The van der Waals surface area contributed by atoms with Gasteiger partial charge in [-0.05, 0) is 43.1 Å². The molecule has 1 aromatic carbocycles. The van der Waals surface area contributed by atoms with E-state index in [9.17, 15) is 13.2 Å². The SMILES string of the molecule is CNS(=O)(=O)c1cccc2c1CCN(C(=O)CCc1ccnn1C)C2. The van der Waals surface area contributed by atoms with E-state index in [1.807, 2.05) is 19.2 Å². The molecule has 2 heterocycles. The van der Waals surface area contributed by atoms with Gasteiger partial charge in [0.15, 0.2) is 0 Å². The summed E-state index contributed by atoms with van der Waals surface area (Å²) in [6.45, 7) is 0.986. The molecule has 3 rings (SSSR count). The van der Waals surface area contributed by atoms with Gasteiger partial charge in [0.1, 0.15) is 0 Å². The Bertz CT molecular complexity index is 889. The highest BCUT2D eigenvalue weighted by atomic mass is 32.2. The van der Waals surface area contributed by atoms with Crippen LogP contribution in [0.15, 0.2) is 35.4 Å². The van der Waals surface area contributed by atoms with Gasteiger partial charge in [-0.1, -0.05) is 12.1 Å². The van der Waals surface area contributed by atoms with E-state index in [4.69, 9.17) is 0 Å². The van der Waals surface area contributed by atoms with Crippen molar-refractivity contribution in [2.45, 2.75) is 30.7 Å². The fourth-order valence-corrected chi connectivity index (χ4v) is 4.22. The minimum absolute atomic E-state index is 0.0775. The molecule has 0 spiro atoms. The summed E-state index contributed by atoms with van der Waals surface area (Å²) in [7, 11) is -0.215. The van der Waals surface area contributed by atoms with Gasteiger partial charge in [0, 0.05) is 38.4 Å². The Labute approximate surface area is 147 Å². The molecule has 0 unspecified atom stereocenters.